The van der Waals surface area contributed by atoms with E-state index in [9.17, 15) is 14.4 Å². The minimum absolute atomic E-state index is 0.0324. The fourth-order valence-electron chi connectivity index (χ4n) is 3.72. The highest BCUT2D eigenvalue weighted by atomic mass is 16.6. The van der Waals surface area contributed by atoms with Crippen molar-refractivity contribution in [2.24, 2.45) is 11.7 Å². The minimum Gasteiger partial charge on any atom is -0.444 e. The first-order chi connectivity index (χ1) is 13.1. The number of piperazine rings is 1. The molecule has 0 aromatic heterocycles. The van der Waals surface area contributed by atoms with Crippen molar-refractivity contribution in [1.29, 1.82) is 0 Å². The predicted octanol–water partition coefficient (Wildman–Crippen LogP) is 2.36. The molecule has 2 N–H and O–H groups in total. The quantitative estimate of drug-likeness (QED) is 0.862. The van der Waals surface area contributed by atoms with Crippen LogP contribution in [0, 0.1) is 5.92 Å². The number of primary amides is 1. The summed E-state index contributed by atoms with van der Waals surface area (Å²) >= 11 is 0. The number of carbonyl (C=O) groups is 3. The molecule has 2 fully saturated rings. The number of nitrogens with two attached hydrogens (primary N) is 1. The first-order valence-corrected chi connectivity index (χ1v) is 9.75. The second-order valence-electron chi connectivity index (χ2n) is 8.74. The summed E-state index contributed by atoms with van der Waals surface area (Å²) in [5, 5.41) is 0. The lowest BCUT2D eigenvalue weighted by Crippen LogP contribution is -2.56. The molecule has 1 aliphatic carbocycles. The normalized spacial score (nSPS) is 24.6. The second-order valence-corrected chi connectivity index (χ2v) is 8.74. The largest absolute Gasteiger partial charge is 0.444 e. The van der Waals surface area contributed by atoms with Gasteiger partial charge in [0.05, 0.1) is 0 Å². The van der Waals surface area contributed by atoms with Crippen LogP contribution in [0.5, 0.6) is 0 Å². The third-order valence-corrected chi connectivity index (χ3v) is 5.29. The van der Waals surface area contributed by atoms with Gasteiger partial charge in [0, 0.05) is 37.2 Å². The van der Waals surface area contributed by atoms with Gasteiger partial charge >= 0.3 is 6.09 Å². The number of nitrogens with zero attached hydrogens (tertiary/aromatic N) is 2. The Kier molecular flexibility index (Phi) is 5.37. The first kappa shape index (κ1) is 20.2. The zero-order valence-corrected chi connectivity index (χ0v) is 17.0. The lowest BCUT2D eigenvalue weighted by atomic mass is 10.1. The van der Waals surface area contributed by atoms with Crippen molar-refractivity contribution in [1.82, 2.24) is 9.80 Å². The molecule has 3 atom stereocenters. The molecule has 3 rings (SSSR count). The highest BCUT2D eigenvalue weighted by molar-refractivity contribution is 5.92. The lowest BCUT2D eigenvalue weighted by Gasteiger charge is -2.40. The van der Waals surface area contributed by atoms with Gasteiger partial charge in [0.1, 0.15) is 5.60 Å². The van der Waals surface area contributed by atoms with Gasteiger partial charge < -0.3 is 20.3 Å². The molecule has 1 aromatic rings. The Bertz CT molecular complexity index is 769. The van der Waals surface area contributed by atoms with Crippen molar-refractivity contribution in [3.63, 3.8) is 0 Å². The van der Waals surface area contributed by atoms with Crippen LogP contribution in [0.4, 0.5) is 4.79 Å². The molecule has 152 valence electrons. The molecule has 3 amide bonds. The van der Waals surface area contributed by atoms with E-state index in [2.05, 4.69) is 0 Å². The fraction of sp³-hybridized carbons (Fsp3) is 0.571. The molecular weight excluding hydrogens is 358 g/mol. The maximum Gasteiger partial charge on any atom is 0.410 e. The summed E-state index contributed by atoms with van der Waals surface area (Å²) in [5.41, 5.74) is 6.27. The van der Waals surface area contributed by atoms with Crippen molar-refractivity contribution in [3.8, 4) is 0 Å². The van der Waals surface area contributed by atoms with Crippen molar-refractivity contribution >= 4 is 17.9 Å². The standard InChI is InChI=1S/C21H29N3O4/c1-13-12-23(20(27)28-21(2,3)4)9-10-24(13)19(26)17-11-16(17)14-5-7-15(8-6-14)18(22)25/h5-8,13,16-17H,9-12H2,1-4H3,(H2,22,25). The molecule has 2 aliphatic rings. The Labute approximate surface area is 165 Å². The number of hydrogen-bond donors (Lipinski definition) is 1. The SMILES string of the molecule is CC1CN(C(=O)OC(C)(C)C)CCN1C(=O)C1CC1c1ccc(C(N)=O)cc1. The van der Waals surface area contributed by atoms with Gasteiger partial charge in [-0.3, -0.25) is 9.59 Å². The van der Waals surface area contributed by atoms with Crippen LogP contribution in [-0.2, 0) is 9.53 Å². The van der Waals surface area contributed by atoms with Gasteiger partial charge in [0.2, 0.25) is 11.8 Å². The molecule has 0 spiro atoms. The lowest BCUT2D eigenvalue weighted by molar-refractivity contribution is -0.137. The van der Waals surface area contributed by atoms with Crippen LogP contribution in [0.3, 0.4) is 0 Å². The minimum atomic E-state index is -0.529. The van der Waals surface area contributed by atoms with E-state index in [4.69, 9.17) is 10.5 Å². The zero-order chi connectivity index (χ0) is 20.6. The first-order valence-electron chi connectivity index (χ1n) is 9.75. The fourth-order valence-corrected chi connectivity index (χ4v) is 3.72. The summed E-state index contributed by atoms with van der Waals surface area (Å²) < 4.78 is 5.43. The molecule has 3 unspecified atom stereocenters. The number of ether oxygens (including phenoxy) is 1. The van der Waals surface area contributed by atoms with Crippen LogP contribution >= 0.6 is 0 Å². The van der Waals surface area contributed by atoms with Gasteiger partial charge in [-0.1, -0.05) is 12.1 Å². The molecule has 1 heterocycles. The van der Waals surface area contributed by atoms with Crippen molar-refractivity contribution in [2.75, 3.05) is 19.6 Å². The van der Waals surface area contributed by atoms with Gasteiger partial charge in [-0.05, 0) is 57.7 Å². The number of amides is 3. The molecular formula is C21H29N3O4. The van der Waals surface area contributed by atoms with E-state index in [-0.39, 0.29) is 29.9 Å². The van der Waals surface area contributed by atoms with Gasteiger partial charge in [0.25, 0.3) is 0 Å². The van der Waals surface area contributed by atoms with Crippen molar-refractivity contribution in [3.05, 3.63) is 35.4 Å². The number of rotatable bonds is 3. The van der Waals surface area contributed by atoms with Crippen LogP contribution in [0.25, 0.3) is 0 Å². The molecule has 7 heteroatoms. The van der Waals surface area contributed by atoms with E-state index in [1.165, 1.54) is 0 Å². The molecule has 1 aliphatic heterocycles. The Hall–Kier alpha value is -2.57. The van der Waals surface area contributed by atoms with E-state index in [1.807, 2.05) is 44.7 Å². The van der Waals surface area contributed by atoms with E-state index >= 15 is 0 Å². The summed E-state index contributed by atoms with van der Waals surface area (Å²) in [5.74, 6) is -0.160. The van der Waals surface area contributed by atoms with Gasteiger partial charge in [-0.2, -0.15) is 0 Å². The summed E-state index contributed by atoms with van der Waals surface area (Å²) in [6.45, 7) is 8.98. The van der Waals surface area contributed by atoms with Gasteiger partial charge in [0.15, 0.2) is 0 Å². The van der Waals surface area contributed by atoms with Crippen molar-refractivity contribution in [2.45, 2.75) is 51.7 Å². The zero-order valence-electron chi connectivity index (χ0n) is 17.0. The highest BCUT2D eigenvalue weighted by Gasteiger charge is 2.47. The Morgan fingerprint density at radius 2 is 1.75 bits per heavy atom. The molecule has 1 aromatic carbocycles. The second kappa shape index (κ2) is 7.45. The average molecular weight is 387 g/mol. The Morgan fingerprint density at radius 3 is 2.29 bits per heavy atom. The Morgan fingerprint density at radius 1 is 1.11 bits per heavy atom. The molecule has 28 heavy (non-hydrogen) atoms. The van der Waals surface area contributed by atoms with Crippen LogP contribution in [0.15, 0.2) is 24.3 Å². The van der Waals surface area contributed by atoms with Gasteiger partial charge in [-0.15, -0.1) is 0 Å². The summed E-state index contributed by atoms with van der Waals surface area (Å²) in [6.07, 6.45) is 0.485. The van der Waals surface area contributed by atoms with Crippen LogP contribution in [-0.4, -0.2) is 59.0 Å². The van der Waals surface area contributed by atoms with Crippen LogP contribution in [0.2, 0.25) is 0 Å². The van der Waals surface area contributed by atoms with Crippen LogP contribution in [0.1, 0.15) is 56.0 Å². The highest BCUT2D eigenvalue weighted by Crippen LogP contribution is 2.48. The maximum atomic E-state index is 13.0. The molecule has 1 saturated heterocycles. The van der Waals surface area contributed by atoms with Gasteiger partial charge in [-0.25, -0.2) is 4.79 Å². The number of benzene rings is 1. The van der Waals surface area contributed by atoms with Crippen LogP contribution < -0.4 is 5.73 Å². The smallest absolute Gasteiger partial charge is 0.410 e. The summed E-state index contributed by atoms with van der Waals surface area (Å²) in [7, 11) is 0. The third kappa shape index (κ3) is 4.46. The molecule has 0 bridgehead atoms. The van der Waals surface area contributed by atoms with Crippen molar-refractivity contribution < 1.29 is 19.1 Å². The third-order valence-electron chi connectivity index (χ3n) is 5.29. The Balaban J connectivity index is 1.56. The average Bonchev–Trinajstić information content (AvgIpc) is 3.40. The predicted molar refractivity (Wildman–Crippen MR) is 105 cm³/mol. The summed E-state index contributed by atoms with van der Waals surface area (Å²) in [4.78, 5) is 40.0. The van der Waals surface area contributed by atoms with E-state index in [0.717, 1.165) is 12.0 Å². The monoisotopic (exact) mass is 387 g/mol. The number of hydrogen-bond acceptors (Lipinski definition) is 4. The van der Waals surface area contributed by atoms with E-state index in [1.54, 1.807) is 17.0 Å². The van der Waals surface area contributed by atoms with E-state index in [0.29, 0.717) is 25.2 Å². The molecule has 1 saturated carbocycles. The summed E-state index contributed by atoms with van der Waals surface area (Å²) in [6, 6.07) is 7.12. The maximum absolute atomic E-state index is 13.0. The molecule has 0 radical (unpaired) electrons. The topological polar surface area (TPSA) is 92.9 Å². The van der Waals surface area contributed by atoms with E-state index < -0.39 is 11.5 Å². The molecule has 7 nitrogen and oxygen atoms in total. The number of carbonyl (C=O) groups excluding carboxylic acids is 3.